The van der Waals surface area contributed by atoms with Gasteiger partial charge in [-0.05, 0) is 48.2 Å². The average molecular weight is 416 g/mol. The van der Waals surface area contributed by atoms with E-state index in [9.17, 15) is 0 Å². The predicted molar refractivity (Wildman–Crippen MR) is 127 cm³/mol. The van der Waals surface area contributed by atoms with Crippen molar-refractivity contribution in [1.82, 2.24) is 10.3 Å². The Morgan fingerprint density at radius 1 is 1.29 bits per heavy atom. The van der Waals surface area contributed by atoms with Gasteiger partial charge in [0.1, 0.15) is 0 Å². The topological polar surface area (TPSA) is 127 Å². The van der Waals surface area contributed by atoms with E-state index in [4.69, 9.17) is 22.2 Å². The van der Waals surface area contributed by atoms with E-state index in [0.29, 0.717) is 18.7 Å². The number of fused-ring (bicyclic) bond motifs is 1. The van der Waals surface area contributed by atoms with Gasteiger partial charge in [-0.2, -0.15) is 5.26 Å². The Morgan fingerprint density at radius 3 is 2.65 bits per heavy atom. The molecule has 0 spiro atoms. The summed E-state index contributed by atoms with van der Waals surface area (Å²) in [7, 11) is 1.82. The third kappa shape index (κ3) is 4.87. The first-order valence-corrected chi connectivity index (χ1v) is 10.2. The van der Waals surface area contributed by atoms with Crippen LogP contribution in [-0.2, 0) is 6.42 Å². The second-order valence-corrected chi connectivity index (χ2v) is 7.58. The molecule has 2 aromatic rings. The van der Waals surface area contributed by atoms with Gasteiger partial charge in [0.05, 0.1) is 24.2 Å². The first-order valence-electron chi connectivity index (χ1n) is 10.2. The Bertz CT molecular complexity index is 1040. The number of allylic oxidation sites excluding steroid dienone is 2. The maximum absolute atomic E-state index is 8.89. The highest BCUT2D eigenvalue weighted by Crippen LogP contribution is 2.36. The number of benzene rings is 2. The lowest BCUT2D eigenvalue weighted by Crippen LogP contribution is -2.31. The zero-order valence-corrected chi connectivity index (χ0v) is 17.9. The number of nitriles is 1. The summed E-state index contributed by atoms with van der Waals surface area (Å²) in [6.45, 7) is 2.50. The van der Waals surface area contributed by atoms with Gasteiger partial charge in [-0.1, -0.05) is 24.3 Å². The first kappa shape index (κ1) is 21.9. The van der Waals surface area contributed by atoms with Crippen molar-refractivity contribution in [3.63, 3.8) is 0 Å². The van der Waals surface area contributed by atoms with Crippen LogP contribution in [0.3, 0.4) is 0 Å². The molecule has 1 atom stereocenters. The van der Waals surface area contributed by atoms with E-state index in [0.717, 1.165) is 45.6 Å². The molecule has 0 radical (unpaired) electrons. The van der Waals surface area contributed by atoms with Crippen molar-refractivity contribution < 1.29 is 0 Å². The van der Waals surface area contributed by atoms with Gasteiger partial charge in [0.2, 0.25) is 0 Å². The van der Waals surface area contributed by atoms with Gasteiger partial charge in [-0.3, -0.25) is 0 Å². The van der Waals surface area contributed by atoms with Gasteiger partial charge >= 0.3 is 0 Å². The number of hydrazine groups is 1. The van der Waals surface area contributed by atoms with Crippen molar-refractivity contribution in [3.05, 3.63) is 76.6 Å². The molecule has 7 nitrogen and oxygen atoms in total. The Balaban J connectivity index is 2.07. The molecule has 0 saturated carbocycles. The van der Waals surface area contributed by atoms with Crippen LogP contribution in [0, 0.1) is 16.7 Å². The summed E-state index contributed by atoms with van der Waals surface area (Å²) < 4.78 is 0. The van der Waals surface area contributed by atoms with Crippen LogP contribution in [-0.4, -0.2) is 24.8 Å². The van der Waals surface area contributed by atoms with Gasteiger partial charge in [-0.15, -0.1) is 0 Å². The summed E-state index contributed by atoms with van der Waals surface area (Å²) in [5.74, 6) is 6.35. The van der Waals surface area contributed by atoms with Crippen molar-refractivity contribution in [3.8, 4) is 6.07 Å². The average Bonchev–Trinajstić information content (AvgIpc) is 2.89. The minimum atomic E-state index is 0.00114. The third-order valence-corrected chi connectivity index (χ3v) is 5.37. The maximum Gasteiger partial charge on any atom is 0.0777 e. The lowest BCUT2D eigenvalue weighted by molar-refractivity contribution is 0.402. The molecule has 7 heteroatoms. The molecule has 31 heavy (non-hydrogen) atoms. The van der Waals surface area contributed by atoms with E-state index >= 15 is 0 Å². The lowest BCUT2D eigenvalue weighted by atomic mass is 9.92. The van der Waals surface area contributed by atoms with E-state index in [1.165, 1.54) is 6.21 Å². The van der Waals surface area contributed by atoms with Crippen molar-refractivity contribution in [2.75, 3.05) is 18.9 Å². The monoisotopic (exact) mass is 415 g/mol. The highest BCUT2D eigenvalue weighted by Gasteiger charge is 2.26. The number of rotatable bonds is 6. The van der Waals surface area contributed by atoms with Crippen LogP contribution in [0.25, 0.3) is 11.3 Å². The van der Waals surface area contributed by atoms with Gasteiger partial charge in [-0.25, -0.2) is 5.84 Å². The van der Waals surface area contributed by atoms with Crippen LogP contribution in [0.4, 0.5) is 5.69 Å². The molecule has 1 aliphatic rings. The minimum Gasteiger partial charge on any atom is -0.401 e. The van der Waals surface area contributed by atoms with Gasteiger partial charge < -0.3 is 26.8 Å². The van der Waals surface area contributed by atoms with Gasteiger partial charge in [0.15, 0.2) is 0 Å². The molecule has 1 heterocycles. The quantitative estimate of drug-likeness (QED) is 0.364. The van der Waals surface area contributed by atoms with E-state index in [1.54, 1.807) is 5.01 Å². The molecule has 160 valence electrons. The molecule has 7 N–H and O–H groups in total. The molecule has 0 aliphatic carbocycles. The molecule has 0 bridgehead atoms. The zero-order valence-electron chi connectivity index (χ0n) is 17.9. The Kier molecular flexibility index (Phi) is 6.96. The summed E-state index contributed by atoms with van der Waals surface area (Å²) in [5, 5.41) is 25.0. The third-order valence-electron chi connectivity index (χ3n) is 5.37. The standard InChI is InChI=1S/C24H29N7/c1-16(27)24-21-8-5-18(19(14-26)15-29-2)13-22(21)23(10-12-31(24)28)30-20-6-3-17(4-7-20)9-11-25/h3-8,13-15,23,26,29-30H,9-10,12,27-28H2,1-2H3/b19-15+,24-16-,26-14?. The molecule has 0 saturated heterocycles. The minimum absolute atomic E-state index is 0.00114. The fourth-order valence-electron chi connectivity index (χ4n) is 3.90. The molecular weight excluding hydrogens is 386 g/mol. The van der Waals surface area contributed by atoms with Crippen molar-refractivity contribution in [2.24, 2.45) is 11.6 Å². The fraction of sp³-hybridized carbons (Fsp3) is 0.250. The van der Waals surface area contributed by atoms with Gasteiger partial charge in [0, 0.05) is 48.5 Å². The maximum atomic E-state index is 8.89. The molecule has 1 aliphatic heterocycles. The summed E-state index contributed by atoms with van der Waals surface area (Å²) in [5.41, 5.74) is 13.4. The molecule has 3 rings (SSSR count). The molecule has 0 aromatic heterocycles. The van der Waals surface area contributed by atoms with Crippen LogP contribution in [0.1, 0.15) is 41.6 Å². The normalized spacial score (nSPS) is 17.8. The number of nitrogens with zero attached hydrogens (tertiary/aromatic N) is 2. The lowest BCUT2D eigenvalue weighted by Gasteiger charge is -2.22. The Labute approximate surface area is 183 Å². The molecule has 0 amide bonds. The van der Waals surface area contributed by atoms with Crippen LogP contribution in [0.2, 0.25) is 0 Å². The Morgan fingerprint density at radius 2 is 2.03 bits per heavy atom. The largest absolute Gasteiger partial charge is 0.401 e. The van der Waals surface area contributed by atoms with Crippen LogP contribution < -0.4 is 22.2 Å². The van der Waals surface area contributed by atoms with Crippen molar-refractivity contribution in [2.45, 2.75) is 25.8 Å². The summed E-state index contributed by atoms with van der Waals surface area (Å²) in [6.07, 6.45) is 4.32. The Hall–Kier alpha value is -3.76. The number of nitrogens with one attached hydrogen (secondary N) is 3. The first-order chi connectivity index (χ1) is 15.0. The van der Waals surface area contributed by atoms with Crippen molar-refractivity contribution >= 4 is 23.2 Å². The number of hydrogen-bond donors (Lipinski definition) is 5. The summed E-state index contributed by atoms with van der Waals surface area (Å²) in [4.78, 5) is 0. The number of anilines is 1. The molecule has 1 unspecified atom stereocenters. The predicted octanol–water partition coefficient (Wildman–Crippen LogP) is 3.34. The van der Waals surface area contributed by atoms with E-state index < -0.39 is 0 Å². The molecule has 0 fully saturated rings. The van der Waals surface area contributed by atoms with E-state index in [1.807, 2.05) is 56.6 Å². The summed E-state index contributed by atoms with van der Waals surface area (Å²) >= 11 is 0. The summed E-state index contributed by atoms with van der Waals surface area (Å²) in [6, 6.07) is 16.2. The molecule has 2 aromatic carbocycles. The zero-order chi connectivity index (χ0) is 22.4. The SMILES string of the molecule is CN/C=C(\C=N)c1ccc2c(c1)C(Nc1ccc(CC#N)cc1)CCN(N)/C2=C(/C)N. The smallest absolute Gasteiger partial charge is 0.0777 e. The van der Waals surface area contributed by atoms with Crippen LogP contribution in [0.15, 0.2) is 54.4 Å². The van der Waals surface area contributed by atoms with Crippen LogP contribution >= 0.6 is 0 Å². The number of nitrogens with two attached hydrogens (primary N) is 2. The second kappa shape index (κ2) is 9.83. The fourth-order valence-corrected chi connectivity index (χ4v) is 3.90. The second-order valence-electron chi connectivity index (χ2n) is 7.58. The van der Waals surface area contributed by atoms with Crippen LogP contribution in [0.5, 0.6) is 0 Å². The highest BCUT2D eigenvalue weighted by atomic mass is 15.4. The van der Waals surface area contributed by atoms with E-state index in [-0.39, 0.29) is 6.04 Å². The molecular formula is C24H29N7. The van der Waals surface area contributed by atoms with Gasteiger partial charge in [0.25, 0.3) is 0 Å². The number of hydrogen-bond acceptors (Lipinski definition) is 7. The van der Waals surface area contributed by atoms with E-state index in [2.05, 4.69) is 22.8 Å². The van der Waals surface area contributed by atoms with Crippen molar-refractivity contribution in [1.29, 1.82) is 10.7 Å². The highest BCUT2D eigenvalue weighted by molar-refractivity contribution is 6.08.